The first kappa shape index (κ1) is 31.4. The quantitative estimate of drug-likeness (QED) is 0.125. The summed E-state index contributed by atoms with van der Waals surface area (Å²) in [4.78, 5) is 57.4. The highest BCUT2D eigenvalue weighted by atomic mass is 32.2. The number of aromatic amines is 1. The smallest absolute Gasteiger partial charge is 0.326 e. The number of nitrogens with zero attached hydrogens (tertiary/aromatic N) is 1. The summed E-state index contributed by atoms with van der Waals surface area (Å²) in [5.74, 6) is -2.34. The van der Waals surface area contributed by atoms with Crippen LogP contribution < -0.4 is 27.4 Å². The summed E-state index contributed by atoms with van der Waals surface area (Å²) in [5.41, 5.74) is 12.1. The Morgan fingerprint density at radius 1 is 1.06 bits per heavy atom. The predicted molar refractivity (Wildman–Crippen MR) is 139 cm³/mol. The lowest BCUT2D eigenvalue weighted by Crippen LogP contribution is -2.58. The summed E-state index contributed by atoms with van der Waals surface area (Å²) in [5, 5.41) is 17.4. The number of rotatable bonds is 18. The zero-order valence-corrected chi connectivity index (χ0v) is 22.1. The van der Waals surface area contributed by atoms with Crippen LogP contribution in [0.3, 0.4) is 0 Å². The summed E-state index contributed by atoms with van der Waals surface area (Å²) in [6, 6.07) is -3.89. The second kappa shape index (κ2) is 16.9. The second-order valence-corrected chi connectivity index (χ2v) is 9.77. The van der Waals surface area contributed by atoms with Crippen molar-refractivity contribution in [3.05, 3.63) is 18.2 Å². The molecule has 1 aromatic rings. The summed E-state index contributed by atoms with van der Waals surface area (Å²) in [7, 11) is 0. The number of H-pyrrole nitrogens is 1. The fourth-order valence-corrected chi connectivity index (χ4v) is 3.88. The van der Waals surface area contributed by atoms with E-state index < -0.39 is 47.9 Å². The van der Waals surface area contributed by atoms with Crippen LogP contribution in [0.1, 0.15) is 51.6 Å². The van der Waals surface area contributed by atoms with E-state index in [0.29, 0.717) is 37.3 Å². The maximum atomic E-state index is 13.3. The number of thioether (sulfide) groups is 1. The molecule has 0 aromatic carbocycles. The van der Waals surface area contributed by atoms with Crippen molar-refractivity contribution in [2.75, 3.05) is 18.6 Å². The third-order valence-electron chi connectivity index (χ3n) is 5.98. The third-order valence-corrected chi connectivity index (χ3v) is 6.62. The van der Waals surface area contributed by atoms with E-state index in [1.807, 2.05) is 20.1 Å². The molecule has 13 heteroatoms. The zero-order chi connectivity index (χ0) is 27.1. The van der Waals surface area contributed by atoms with Gasteiger partial charge in [0, 0.05) is 18.3 Å². The Hall–Kier alpha value is -2.64. The van der Waals surface area contributed by atoms with Gasteiger partial charge in [0.05, 0.1) is 12.4 Å². The minimum absolute atomic E-state index is 0.0896. The maximum absolute atomic E-state index is 13.3. The molecule has 36 heavy (non-hydrogen) atoms. The van der Waals surface area contributed by atoms with E-state index in [9.17, 15) is 24.3 Å². The third kappa shape index (κ3) is 11.0. The predicted octanol–water partition coefficient (Wildman–Crippen LogP) is -0.253. The zero-order valence-electron chi connectivity index (χ0n) is 21.3. The molecule has 1 aromatic heterocycles. The Labute approximate surface area is 216 Å². The number of carbonyl (C=O) groups excluding carboxylic acids is 3. The minimum Gasteiger partial charge on any atom is -0.480 e. The van der Waals surface area contributed by atoms with Crippen LogP contribution in [0, 0.1) is 5.92 Å². The number of imidazole rings is 1. The SMILES string of the molecule is CCC(C)C(N)C(=O)NC(Cc1cnc[nH]1)C(=O)NC(CCSC)C(=O)NC(CCCCN)C(=O)O. The van der Waals surface area contributed by atoms with Crippen LogP contribution in [0.4, 0.5) is 0 Å². The highest BCUT2D eigenvalue weighted by Crippen LogP contribution is 2.09. The van der Waals surface area contributed by atoms with Gasteiger partial charge in [-0.25, -0.2) is 9.78 Å². The Kier molecular flexibility index (Phi) is 14.8. The average molecular weight is 528 g/mol. The lowest BCUT2D eigenvalue weighted by Gasteiger charge is -2.26. The van der Waals surface area contributed by atoms with Gasteiger partial charge in [0.2, 0.25) is 17.7 Å². The van der Waals surface area contributed by atoms with Gasteiger partial charge in [0.15, 0.2) is 0 Å². The minimum atomic E-state index is -1.15. The molecular formula is C23H41N7O5S. The molecule has 5 unspecified atom stereocenters. The first-order valence-corrected chi connectivity index (χ1v) is 13.6. The van der Waals surface area contributed by atoms with Crippen molar-refractivity contribution >= 4 is 35.5 Å². The molecule has 0 spiro atoms. The number of aromatic nitrogens is 2. The Morgan fingerprint density at radius 2 is 1.69 bits per heavy atom. The summed E-state index contributed by atoms with van der Waals surface area (Å²) in [6.07, 6.45) is 7.36. The Bertz CT molecular complexity index is 824. The van der Waals surface area contributed by atoms with Crippen LogP contribution in [0.15, 0.2) is 12.5 Å². The van der Waals surface area contributed by atoms with E-state index in [2.05, 4.69) is 25.9 Å². The van der Waals surface area contributed by atoms with Crippen molar-refractivity contribution in [2.24, 2.45) is 17.4 Å². The molecule has 0 radical (unpaired) electrons. The molecule has 0 bridgehead atoms. The highest BCUT2D eigenvalue weighted by Gasteiger charge is 2.31. The molecule has 0 fully saturated rings. The average Bonchev–Trinajstić information content (AvgIpc) is 3.37. The van der Waals surface area contributed by atoms with E-state index in [1.165, 1.54) is 24.3 Å². The molecular weight excluding hydrogens is 486 g/mol. The summed E-state index contributed by atoms with van der Waals surface area (Å²) >= 11 is 1.49. The van der Waals surface area contributed by atoms with E-state index in [1.54, 1.807) is 0 Å². The lowest BCUT2D eigenvalue weighted by atomic mass is 9.98. The molecule has 0 aliphatic rings. The van der Waals surface area contributed by atoms with Gasteiger partial charge in [-0.2, -0.15) is 11.8 Å². The Morgan fingerprint density at radius 3 is 2.25 bits per heavy atom. The molecule has 12 nitrogen and oxygen atoms in total. The van der Waals surface area contributed by atoms with E-state index in [-0.39, 0.29) is 25.2 Å². The molecule has 0 aliphatic heterocycles. The van der Waals surface area contributed by atoms with Crippen molar-refractivity contribution in [1.29, 1.82) is 0 Å². The van der Waals surface area contributed by atoms with Crippen LogP contribution in [-0.2, 0) is 25.6 Å². The van der Waals surface area contributed by atoms with Crippen LogP contribution >= 0.6 is 11.8 Å². The number of unbranched alkanes of at least 4 members (excludes halogenated alkanes) is 1. The monoisotopic (exact) mass is 527 g/mol. The van der Waals surface area contributed by atoms with Gasteiger partial charge < -0.3 is 37.5 Å². The van der Waals surface area contributed by atoms with Gasteiger partial charge in [0.1, 0.15) is 18.1 Å². The lowest BCUT2D eigenvalue weighted by molar-refractivity contribution is -0.142. The van der Waals surface area contributed by atoms with Gasteiger partial charge in [-0.1, -0.05) is 20.3 Å². The number of carboxylic acids is 1. The molecule has 0 aliphatic carbocycles. The molecule has 5 atom stereocenters. The molecule has 9 N–H and O–H groups in total. The molecule has 3 amide bonds. The second-order valence-electron chi connectivity index (χ2n) is 8.78. The first-order chi connectivity index (χ1) is 17.1. The number of carbonyl (C=O) groups is 4. The number of carboxylic acid groups (broad SMARTS) is 1. The number of hydrogen-bond donors (Lipinski definition) is 7. The topological polar surface area (TPSA) is 205 Å². The standard InChI is InChI=1S/C23H41N7O5S/c1-4-14(2)19(25)22(33)30-18(11-15-12-26-13-27-15)21(32)28-16(8-10-36-3)20(31)29-17(23(34)35)7-5-6-9-24/h12-14,16-19H,4-11,24-25H2,1-3H3,(H,26,27)(H,28,32)(H,29,31)(H,30,33)(H,34,35). The van der Waals surface area contributed by atoms with Crippen molar-refractivity contribution in [2.45, 2.75) is 76.5 Å². The molecule has 1 rings (SSSR count). The number of nitrogens with one attached hydrogen (secondary N) is 4. The van der Waals surface area contributed by atoms with Crippen LogP contribution in [0.2, 0.25) is 0 Å². The van der Waals surface area contributed by atoms with Gasteiger partial charge in [-0.15, -0.1) is 0 Å². The van der Waals surface area contributed by atoms with Gasteiger partial charge in [0.25, 0.3) is 0 Å². The molecule has 0 saturated heterocycles. The van der Waals surface area contributed by atoms with Crippen molar-refractivity contribution in [3.8, 4) is 0 Å². The largest absolute Gasteiger partial charge is 0.480 e. The van der Waals surface area contributed by atoms with Gasteiger partial charge in [-0.05, 0) is 50.2 Å². The number of hydrogen-bond acceptors (Lipinski definition) is 8. The summed E-state index contributed by atoms with van der Waals surface area (Å²) in [6.45, 7) is 4.20. The van der Waals surface area contributed by atoms with E-state index >= 15 is 0 Å². The number of amides is 3. The first-order valence-electron chi connectivity index (χ1n) is 12.2. The number of nitrogens with two attached hydrogens (primary N) is 2. The van der Waals surface area contributed by atoms with Gasteiger partial charge in [-0.3, -0.25) is 14.4 Å². The van der Waals surface area contributed by atoms with Crippen LogP contribution in [-0.4, -0.2) is 81.5 Å². The molecule has 1 heterocycles. The van der Waals surface area contributed by atoms with Crippen LogP contribution in [0.5, 0.6) is 0 Å². The maximum Gasteiger partial charge on any atom is 0.326 e. The Balaban J connectivity index is 3.01. The van der Waals surface area contributed by atoms with Crippen molar-refractivity contribution in [3.63, 3.8) is 0 Å². The summed E-state index contributed by atoms with van der Waals surface area (Å²) < 4.78 is 0. The highest BCUT2D eigenvalue weighted by molar-refractivity contribution is 7.98. The number of aliphatic carboxylic acids is 1. The van der Waals surface area contributed by atoms with E-state index in [0.717, 1.165) is 0 Å². The van der Waals surface area contributed by atoms with Crippen LogP contribution in [0.25, 0.3) is 0 Å². The fraction of sp³-hybridized carbons (Fsp3) is 0.696. The normalized spacial score (nSPS) is 15.2. The molecule has 0 saturated carbocycles. The van der Waals surface area contributed by atoms with Gasteiger partial charge >= 0.3 is 5.97 Å². The van der Waals surface area contributed by atoms with E-state index in [4.69, 9.17) is 11.5 Å². The molecule has 204 valence electrons. The fourth-order valence-electron chi connectivity index (χ4n) is 3.41. The van der Waals surface area contributed by atoms with Crippen molar-refractivity contribution in [1.82, 2.24) is 25.9 Å². The van der Waals surface area contributed by atoms with Crippen molar-refractivity contribution < 1.29 is 24.3 Å².